The average molecular weight is 336 g/mol. The summed E-state index contributed by atoms with van der Waals surface area (Å²) in [4.78, 5) is 20.7. The molecule has 0 unspecified atom stereocenters. The van der Waals surface area contributed by atoms with Crippen LogP contribution < -0.4 is 11.5 Å². The van der Waals surface area contributed by atoms with Crippen molar-refractivity contribution in [3.63, 3.8) is 0 Å². The second kappa shape index (κ2) is 8.53. The number of nitrogens with two attached hydrogens (primary N) is 2. The SMILES string of the molecule is Nc1ccc(C(=O)O)c(O)c1.Nc1ccc(C(=O)O)c(O)c1.[AlH3]. The van der Waals surface area contributed by atoms with E-state index in [1.807, 2.05) is 0 Å². The van der Waals surface area contributed by atoms with Crippen LogP contribution in [-0.2, 0) is 0 Å². The molecule has 9 heteroatoms. The van der Waals surface area contributed by atoms with E-state index in [2.05, 4.69) is 0 Å². The number of aromatic carboxylic acids is 2. The van der Waals surface area contributed by atoms with Crippen LogP contribution in [-0.4, -0.2) is 49.7 Å². The van der Waals surface area contributed by atoms with Crippen molar-refractivity contribution >= 4 is 40.7 Å². The molecule has 0 heterocycles. The molecule has 0 aliphatic rings. The molecule has 0 aliphatic heterocycles. The molecule has 0 bridgehead atoms. The Balaban J connectivity index is 0.000000403. The number of nitrogen functional groups attached to an aromatic ring is 2. The van der Waals surface area contributed by atoms with Crippen LogP contribution in [0.25, 0.3) is 0 Å². The Kier molecular flexibility index (Phi) is 7.46. The fourth-order valence-corrected chi connectivity index (χ4v) is 1.46. The van der Waals surface area contributed by atoms with E-state index in [-0.39, 0.29) is 40.0 Å². The highest BCUT2D eigenvalue weighted by molar-refractivity contribution is 5.91. The monoisotopic (exact) mass is 336 g/mol. The fourth-order valence-electron chi connectivity index (χ4n) is 1.46. The van der Waals surface area contributed by atoms with Gasteiger partial charge in [0.25, 0.3) is 0 Å². The number of carboxylic acids is 2. The van der Waals surface area contributed by atoms with E-state index in [0.717, 1.165) is 0 Å². The summed E-state index contributed by atoms with van der Waals surface area (Å²) < 4.78 is 0. The fraction of sp³-hybridized carbons (Fsp3) is 0. The van der Waals surface area contributed by atoms with E-state index in [4.69, 9.17) is 31.9 Å². The Morgan fingerprint density at radius 3 is 1.26 bits per heavy atom. The molecule has 0 amide bonds. The van der Waals surface area contributed by atoms with Crippen molar-refractivity contribution in [2.24, 2.45) is 0 Å². The van der Waals surface area contributed by atoms with Crippen LogP contribution in [0.1, 0.15) is 20.7 Å². The first-order valence-corrected chi connectivity index (χ1v) is 5.86. The van der Waals surface area contributed by atoms with Crippen molar-refractivity contribution in [3.05, 3.63) is 47.5 Å². The number of benzene rings is 2. The third-order valence-corrected chi connectivity index (χ3v) is 2.50. The second-order valence-corrected chi connectivity index (χ2v) is 4.16. The molecule has 8 N–H and O–H groups in total. The number of rotatable bonds is 2. The van der Waals surface area contributed by atoms with Gasteiger partial charge >= 0.3 is 11.9 Å². The van der Waals surface area contributed by atoms with Gasteiger partial charge in [-0.1, -0.05) is 0 Å². The van der Waals surface area contributed by atoms with Gasteiger partial charge in [0, 0.05) is 23.5 Å². The first-order chi connectivity index (χ1) is 10.2. The third kappa shape index (κ3) is 5.78. The Bertz CT molecular complexity index is 659. The molecule has 2 aromatic carbocycles. The predicted molar refractivity (Wildman–Crippen MR) is 88.9 cm³/mol. The Labute approximate surface area is 141 Å². The lowest BCUT2D eigenvalue weighted by Crippen LogP contribution is -1.97. The molecular weight excluding hydrogens is 319 g/mol. The van der Waals surface area contributed by atoms with Crippen LogP contribution >= 0.6 is 0 Å². The molecule has 23 heavy (non-hydrogen) atoms. The molecule has 0 saturated heterocycles. The number of phenols is 2. The van der Waals surface area contributed by atoms with Crippen molar-refractivity contribution in [2.75, 3.05) is 11.5 Å². The smallest absolute Gasteiger partial charge is 0.339 e. The lowest BCUT2D eigenvalue weighted by atomic mass is 10.2. The predicted octanol–water partition coefficient (Wildman–Crippen LogP) is 0.161. The van der Waals surface area contributed by atoms with E-state index in [1.54, 1.807) is 0 Å². The number of aromatic hydroxyl groups is 2. The van der Waals surface area contributed by atoms with Gasteiger partial charge in [-0.15, -0.1) is 0 Å². The highest BCUT2D eigenvalue weighted by atomic mass is 27.0. The first kappa shape index (κ1) is 20.1. The van der Waals surface area contributed by atoms with Crippen molar-refractivity contribution in [3.8, 4) is 11.5 Å². The van der Waals surface area contributed by atoms with Gasteiger partial charge in [-0.3, -0.25) is 0 Å². The molecule has 0 saturated carbocycles. The van der Waals surface area contributed by atoms with Crippen LogP contribution in [0.4, 0.5) is 11.4 Å². The first-order valence-electron chi connectivity index (χ1n) is 5.86. The van der Waals surface area contributed by atoms with Gasteiger partial charge in [-0.2, -0.15) is 0 Å². The zero-order chi connectivity index (χ0) is 16.9. The zero-order valence-corrected chi connectivity index (χ0v) is 11.2. The lowest BCUT2D eigenvalue weighted by Gasteiger charge is -1.98. The Morgan fingerprint density at radius 2 is 1.04 bits per heavy atom. The number of anilines is 2. The minimum absolute atomic E-state index is 0. The van der Waals surface area contributed by atoms with Crippen LogP contribution in [0.15, 0.2) is 36.4 Å². The van der Waals surface area contributed by atoms with Gasteiger partial charge < -0.3 is 31.9 Å². The molecule has 122 valence electrons. The number of carboxylic acid groups (broad SMARTS) is 2. The minimum Gasteiger partial charge on any atom is -0.507 e. The van der Waals surface area contributed by atoms with Gasteiger partial charge in [-0.05, 0) is 24.3 Å². The Hall–Kier alpha value is -2.89. The lowest BCUT2D eigenvalue weighted by molar-refractivity contribution is 0.0682. The molecule has 0 atom stereocenters. The summed E-state index contributed by atoms with van der Waals surface area (Å²) in [5, 5.41) is 34.9. The minimum atomic E-state index is -1.16. The molecule has 0 aliphatic carbocycles. The van der Waals surface area contributed by atoms with Crippen LogP contribution in [0.2, 0.25) is 0 Å². The van der Waals surface area contributed by atoms with E-state index >= 15 is 0 Å². The van der Waals surface area contributed by atoms with Gasteiger partial charge in [0.15, 0.2) is 17.4 Å². The second-order valence-electron chi connectivity index (χ2n) is 4.16. The van der Waals surface area contributed by atoms with Gasteiger partial charge in [0.1, 0.15) is 22.6 Å². The number of carbonyl (C=O) groups is 2. The summed E-state index contributed by atoms with van der Waals surface area (Å²) in [5.41, 5.74) is 11.0. The molecule has 2 aromatic rings. The molecule has 0 aromatic heterocycles. The maximum atomic E-state index is 10.3. The molecular formula is C14H17AlN2O6. The third-order valence-electron chi connectivity index (χ3n) is 2.50. The summed E-state index contributed by atoms with van der Waals surface area (Å²) in [6.07, 6.45) is 0. The molecule has 0 fully saturated rings. The van der Waals surface area contributed by atoms with Crippen LogP contribution in [0, 0.1) is 0 Å². The van der Waals surface area contributed by atoms with Crippen molar-refractivity contribution in [2.45, 2.75) is 0 Å². The van der Waals surface area contributed by atoms with Crippen molar-refractivity contribution in [1.29, 1.82) is 0 Å². The van der Waals surface area contributed by atoms with Gasteiger partial charge in [0.2, 0.25) is 0 Å². The van der Waals surface area contributed by atoms with E-state index < -0.39 is 11.9 Å². The Morgan fingerprint density at radius 1 is 0.739 bits per heavy atom. The summed E-state index contributed by atoms with van der Waals surface area (Å²) in [6.45, 7) is 0. The summed E-state index contributed by atoms with van der Waals surface area (Å²) in [7, 11) is 0. The highest BCUT2D eigenvalue weighted by Crippen LogP contribution is 2.20. The van der Waals surface area contributed by atoms with E-state index in [0.29, 0.717) is 11.4 Å². The highest BCUT2D eigenvalue weighted by Gasteiger charge is 2.08. The normalized spacial score (nSPS) is 9.04. The maximum absolute atomic E-state index is 10.3. The van der Waals surface area contributed by atoms with E-state index in [9.17, 15) is 9.59 Å². The van der Waals surface area contributed by atoms with Crippen LogP contribution in [0.5, 0.6) is 11.5 Å². The molecule has 8 nitrogen and oxygen atoms in total. The van der Waals surface area contributed by atoms with Crippen molar-refractivity contribution in [1.82, 2.24) is 0 Å². The van der Waals surface area contributed by atoms with E-state index in [1.165, 1.54) is 36.4 Å². The van der Waals surface area contributed by atoms with Crippen LogP contribution in [0.3, 0.4) is 0 Å². The topological polar surface area (TPSA) is 167 Å². The molecule has 0 spiro atoms. The van der Waals surface area contributed by atoms with Gasteiger partial charge in [0.05, 0.1) is 0 Å². The summed E-state index contributed by atoms with van der Waals surface area (Å²) in [5.74, 6) is -2.94. The zero-order valence-electron chi connectivity index (χ0n) is 11.2. The average Bonchev–Trinajstić information content (AvgIpc) is 2.38. The molecule has 2 rings (SSSR count). The molecule has 0 radical (unpaired) electrons. The largest absolute Gasteiger partial charge is 0.507 e. The van der Waals surface area contributed by atoms with Gasteiger partial charge in [-0.25, -0.2) is 9.59 Å². The summed E-state index contributed by atoms with van der Waals surface area (Å²) in [6, 6.07) is 7.75. The standard InChI is InChI=1S/2C7H7NO3.Al.3H/c2*8-4-1-2-5(7(10)11)6(9)3-4;;;;/h2*1-3,9H,8H2,(H,10,11);;;;. The number of hydrogen-bond acceptors (Lipinski definition) is 6. The quantitative estimate of drug-likeness (QED) is 0.333. The summed E-state index contributed by atoms with van der Waals surface area (Å²) >= 11 is 0. The number of hydrogen-bond donors (Lipinski definition) is 6. The van der Waals surface area contributed by atoms with Crippen molar-refractivity contribution < 1.29 is 30.0 Å². The maximum Gasteiger partial charge on any atom is 0.339 e.